The van der Waals surface area contributed by atoms with Gasteiger partial charge < -0.3 is 10.1 Å². The van der Waals surface area contributed by atoms with E-state index in [2.05, 4.69) is 20.5 Å². The number of likely N-dealkylation sites (N-methyl/N-ethyl adjacent to an activating group) is 1. The Bertz CT molecular complexity index is 748. The van der Waals surface area contributed by atoms with Crippen LogP contribution in [0.5, 0.6) is 0 Å². The normalized spacial score (nSPS) is 21.5. The van der Waals surface area contributed by atoms with Crippen molar-refractivity contribution in [3.8, 4) is 0 Å². The summed E-state index contributed by atoms with van der Waals surface area (Å²) in [7, 11) is 2.05. The molecule has 2 saturated heterocycles. The number of cyclic esters (lactones) is 1. The lowest BCUT2D eigenvalue weighted by Crippen LogP contribution is -2.39. The molecular weight excluding hydrogens is 379 g/mol. The van der Waals surface area contributed by atoms with Gasteiger partial charge in [0.2, 0.25) is 0 Å². The van der Waals surface area contributed by atoms with E-state index in [1.807, 2.05) is 25.2 Å². The maximum atomic E-state index is 12.3. The summed E-state index contributed by atoms with van der Waals surface area (Å²) in [5, 5.41) is 11.0. The molecule has 2 aliphatic rings. The zero-order valence-electron chi connectivity index (χ0n) is 14.6. The Morgan fingerprint density at radius 1 is 1.23 bits per heavy atom. The quantitative estimate of drug-likeness (QED) is 0.784. The average Bonchev–Trinajstić information content (AvgIpc) is 3.13. The van der Waals surface area contributed by atoms with Gasteiger partial charge in [0, 0.05) is 19.5 Å². The van der Waals surface area contributed by atoms with Gasteiger partial charge in [-0.3, -0.25) is 9.69 Å². The van der Waals surface area contributed by atoms with Crippen molar-refractivity contribution in [2.75, 3.05) is 26.7 Å². The predicted molar refractivity (Wildman–Crippen MR) is 102 cm³/mol. The van der Waals surface area contributed by atoms with Gasteiger partial charge in [-0.05, 0) is 61.0 Å². The molecular formula is C17H24Cl2N4O3. The minimum atomic E-state index is -0.248. The number of aromatic nitrogens is 2. The number of hydrogen-bond acceptors (Lipinski definition) is 7. The van der Waals surface area contributed by atoms with Gasteiger partial charge in [-0.15, -0.1) is 24.8 Å². The summed E-state index contributed by atoms with van der Waals surface area (Å²) in [4.78, 5) is 14.5. The molecule has 7 nitrogen and oxygen atoms in total. The van der Waals surface area contributed by atoms with Crippen LogP contribution >= 0.6 is 24.8 Å². The molecule has 0 bridgehead atoms. The first kappa shape index (κ1) is 20.9. The summed E-state index contributed by atoms with van der Waals surface area (Å²) in [5.41, 5.74) is 2.42. The number of piperidine rings is 1. The van der Waals surface area contributed by atoms with Crippen molar-refractivity contribution in [3.63, 3.8) is 0 Å². The van der Waals surface area contributed by atoms with Gasteiger partial charge in [0.1, 0.15) is 17.1 Å². The molecule has 1 atom stereocenters. The Hall–Kier alpha value is -1.41. The van der Waals surface area contributed by atoms with Crippen LogP contribution in [0.3, 0.4) is 0 Å². The lowest BCUT2D eigenvalue weighted by molar-refractivity contribution is -0.150. The highest BCUT2D eigenvalue weighted by atomic mass is 35.5. The highest BCUT2D eigenvalue weighted by Crippen LogP contribution is 2.41. The van der Waals surface area contributed by atoms with Gasteiger partial charge in [0.05, 0.1) is 5.41 Å². The average molecular weight is 403 g/mol. The summed E-state index contributed by atoms with van der Waals surface area (Å²) >= 11 is 0. The van der Waals surface area contributed by atoms with Crippen LogP contribution in [0.25, 0.3) is 11.0 Å². The molecule has 9 heteroatoms. The van der Waals surface area contributed by atoms with Crippen LogP contribution < -0.4 is 5.32 Å². The number of carbonyl (C=O) groups excluding carboxylic acids is 1. The first-order valence-electron chi connectivity index (χ1n) is 8.46. The topological polar surface area (TPSA) is 80.5 Å². The third kappa shape index (κ3) is 4.11. The van der Waals surface area contributed by atoms with Crippen LogP contribution in [0.15, 0.2) is 22.8 Å². The van der Waals surface area contributed by atoms with Crippen molar-refractivity contribution in [3.05, 3.63) is 23.8 Å². The smallest absolute Gasteiger partial charge is 0.312 e. The predicted octanol–water partition coefficient (Wildman–Crippen LogP) is 2.18. The maximum Gasteiger partial charge on any atom is 0.312 e. The Morgan fingerprint density at radius 2 is 1.96 bits per heavy atom. The maximum absolute atomic E-state index is 12.3. The number of nitrogens with zero attached hydrogens (tertiary/aromatic N) is 3. The molecule has 0 saturated carbocycles. The number of benzene rings is 1. The van der Waals surface area contributed by atoms with Crippen LogP contribution in [-0.2, 0) is 16.1 Å². The number of rotatable bonds is 4. The van der Waals surface area contributed by atoms with E-state index in [0.717, 1.165) is 62.0 Å². The fourth-order valence-electron chi connectivity index (χ4n) is 3.90. The number of fused-ring (bicyclic) bond motifs is 1. The van der Waals surface area contributed by atoms with Crippen LogP contribution in [0.1, 0.15) is 24.8 Å². The second-order valence-corrected chi connectivity index (χ2v) is 7.05. The van der Waals surface area contributed by atoms with Crippen molar-refractivity contribution < 1.29 is 14.2 Å². The summed E-state index contributed by atoms with van der Waals surface area (Å²) < 4.78 is 10.4. The van der Waals surface area contributed by atoms with Gasteiger partial charge in [-0.1, -0.05) is 6.07 Å². The molecule has 4 rings (SSSR count). The van der Waals surface area contributed by atoms with Gasteiger partial charge in [0.25, 0.3) is 0 Å². The second kappa shape index (κ2) is 8.52. The first-order chi connectivity index (χ1) is 11.6. The fourth-order valence-corrected chi connectivity index (χ4v) is 3.90. The highest BCUT2D eigenvalue weighted by Gasteiger charge is 2.49. The summed E-state index contributed by atoms with van der Waals surface area (Å²) in [5.74, 6) is -0.00232. The monoisotopic (exact) mass is 402 g/mol. The molecule has 1 unspecified atom stereocenters. The van der Waals surface area contributed by atoms with Gasteiger partial charge in [-0.2, -0.15) is 0 Å². The van der Waals surface area contributed by atoms with Crippen molar-refractivity contribution in [2.45, 2.75) is 31.9 Å². The molecule has 1 aromatic heterocycles. The number of ether oxygens (including phenoxy) is 1. The van der Waals surface area contributed by atoms with Crippen LogP contribution in [0.2, 0.25) is 0 Å². The number of halogens is 2. The number of hydrogen-bond donors (Lipinski definition) is 1. The molecule has 1 spiro atoms. The first-order valence-corrected chi connectivity index (χ1v) is 8.46. The number of nitrogens with one attached hydrogen (secondary N) is 1. The number of carbonyl (C=O) groups is 1. The second-order valence-electron chi connectivity index (χ2n) is 7.05. The van der Waals surface area contributed by atoms with E-state index >= 15 is 0 Å². The molecule has 3 heterocycles. The Morgan fingerprint density at radius 3 is 2.73 bits per heavy atom. The Labute approximate surface area is 164 Å². The molecule has 2 fully saturated rings. The van der Waals surface area contributed by atoms with Crippen molar-refractivity contribution in [1.82, 2.24) is 20.5 Å². The van der Waals surface area contributed by atoms with Crippen LogP contribution in [0, 0.1) is 5.41 Å². The Balaban J connectivity index is 0.00000121. The molecule has 0 aliphatic carbocycles. The summed E-state index contributed by atoms with van der Waals surface area (Å²) in [6.07, 6.45) is 2.60. The van der Waals surface area contributed by atoms with E-state index in [1.165, 1.54) is 0 Å². The third-order valence-corrected chi connectivity index (χ3v) is 5.17. The molecule has 0 amide bonds. The van der Waals surface area contributed by atoms with Crippen LogP contribution in [0.4, 0.5) is 0 Å². The molecule has 144 valence electrons. The largest absolute Gasteiger partial charge is 0.461 e. The van der Waals surface area contributed by atoms with E-state index < -0.39 is 0 Å². The standard InChI is InChI=1S/C17H22N4O3.2ClH/c1-21(10-12-2-3-14-15(8-12)20-24-19-14)11-13-9-17(16(22)23-13)4-6-18-7-5-17;;/h2-3,8,13,18H,4-7,9-11H2,1H3;2*1H. The molecule has 1 N–H and O–H groups in total. The zero-order valence-corrected chi connectivity index (χ0v) is 16.3. The lowest BCUT2D eigenvalue weighted by atomic mass is 9.76. The van der Waals surface area contributed by atoms with Crippen molar-refractivity contribution >= 4 is 41.8 Å². The molecule has 0 radical (unpaired) electrons. The van der Waals surface area contributed by atoms with E-state index in [4.69, 9.17) is 9.37 Å². The summed E-state index contributed by atoms with van der Waals surface area (Å²) in [6.45, 7) is 3.33. The third-order valence-electron chi connectivity index (χ3n) is 5.17. The van der Waals surface area contributed by atoms with Gasteiger partial charge >= 0.3 is 5.97 Å². The minimum Gasteiger partial charge on any atom is -0.461 e. The van der Waals surface area contributed by atoms with E-state index in [-0.39, 0.29) is 42.3 Å². The van der Waals surface area contributed by atoms with Gasteiger partial charge in [0.15, 0.2) is 0 Å². The van der Waals surface area contributed by atoms with E-state index in [9.17, 15) is 4.79 Å². The Kier molecular flexibility index (Phi) is 6.85. The van der Waals surface area contributed by atoms with Crippen molar-refractivity contribution in [2.24, 2.45) is 5.41 Å². The highest BCUT2D eigenvalue weighted by molar-refractivity contribution is 5.85. The zero-order chi connectivity index (χ0) is 16.6. The molecule has 2 aromatic rings. The van der Waals surface area contributed by atoms with Crippen LogP contribution in [-0.4, -0.2) is 54.0 Å². The molecule has 2 aliphatic heterocycles. The number of esters is 1. The lowest BCUT2D eigenvalue weighted by Gasteiger charge is -2.29. The molecule has 26 heavy (non-hydrogen) atoms. The minimum absolute atomic E-state index is 0. The SMILES string of the molecule is CN(Cc1ccc2nonc2c1)CC1CC2(CCNCC2)C(=O)O1.Cl.Cl. The summed E-state index contributed by atoms with van der Waals surface area (Å²) in [6, 6.07) is 5.92. The van der Waals surface area contributed by atoms with Gasteiger partial charge in [-0.25, -0.2) is 4.63 Å². The van der Waals surface area contributed by atoms with E-state index in [1.54, 1.807) is 0 Å². The fraction of sp³-hybridized carbons (Fsp3) is 0.588. The van der Waals surface area contributed by atoms with Crippen molar-refractivity contribution in [1.29, 1.82) is 0 Å². The van der Waals surface area contributed by atoms with E-state index in [0.29, 0.717) is 0 Å². The molecule has 1 aromatic carbocycles.